The van der Waals surface area contributed by atoms with Gasteiger partial charge in [-0.05, 0) is 19.4 Å². The third-order valence-corrected chi connectivity index (χ3v) is 3.38. The lowest BCUT2D eigenvalue weighted by atomic mass is 10.2. The van der Waals surface area contributed by atoms with E-state index in [9.17, 15) is 14.9 Å². The van der Waals surface area contributed by atoms with E-state index in [0.29, 0.717) is 17.7 Å². The molecule has 1 unspecified atom stereocenters. The summed E-state index contributed by atoms with van der Waals surface area (Å²) in [7, 11) is 0. The first-order valence-electron chi connectivity index (χ1n) is 5.15. The molecule has 1 rings (SSSR count). The zero-order valence-electron chi connectivity index (χ0n) is 9.57. The van der Waals surface area contributed by atoms with Crippen LogP contribution in [0.5, 0.6) is 0 Å². The average molecular weight is 301 g/mol. The van der Waals surface area contributed by atoms with Crippen LogP contribution < -0.4 is 5.32 Å². The summed E-state index contributed by atoms with van der Waals surface area (Å²) in [5.74, 6) is -0.203. The highest BCUT2D eigenvalue weighted by molar-refractivity contribution is 9.10. The van der Waals surface area contributed by atoms with Crippen molar-refractivity contribution in [1.82, 2.24) is 0 Å². The molecule has 6 heteroatoms. The Balaban J connectivity index is 2.90. The quantitative estimate of drug-likeness (QED) is 0.528. The van der Waals surface area contributed by atoms with Crippen molar-refractivity contribution in [1.29, 1.82) is 0 Å². The highest BCUT2D eigenvalue weighted by Crippen LogP contribution is 2.22. The Morgan fingerprint density at radius 2 is 2.24 bits per heavy atom. The first kappa shape index (κ1) is 13.6. The van der Waals surface area contributed by atoms with Crippen molar-refractivity contribution in [3.63, 3.8) is 0 Å². The van der Waals surface area contributed by atoms with Crippen molar-refractivity contribution >= 4 is 33.2 Å². The maximum atomic E-state index is 11.6. The van der Waals surface area contributed by atoms with E-state index in [2.05, 4.69) is 21.2 Å². The lowest BCUT2D eigenvalue weighted by molar-refractivity contribution is -0.385. The fourth-order valence-electron chi connectivity index (χ4n) is 1.29. The number of nitro groups is 1. The molecule has 0 radical (unpaired) electrons. The Labute approximate surface area is 107 Å². The van der Waals surface area contributed by atoms with Gasteiger partial charge in [0.1, 0.15) is 0 Å². The van der Waals surface area contributed by atoms with Gasteiger partial charge in [0.25, 0.3) is 5.69 Å². The number of rotatable bonds is 4. The standard InChI is InChI=1S/C11H13BrN2O3/c1-3-9(12)11(15)13-8-5-4-7(2)10(6-8)14(16)17/h4-6,9H,3H2,1-2H3,(H,13,15). The maximum Gasteiger partial charge on any atom is 0.274 e. The molecule has 0 aliphatic heterocycles. The Morgan fingerprint density at radius 3 is 2.76 bits per heavy atom. The number of nitrogens with zero attached hydrogens (tertiary/aromatic N) is 1. The van der Waals surface area contributed by atoms with Gasteiger partial charge in [-0.1, -0.05) is 28.9 Å². The molecule has 0 aliphatic rings. The first-order valence-corrected chi connectivity index (χ1v) is 6.07. The van der Waals surface area contributed by atoms with Gasteiger partial charge in [0.15, 0.2) is 0 Å². The second-order valence-corrected chi connectivity index (χ2v) is 4.73. The summed E-state index contributed by atoms with van der Waals surface area (Å²) < 4.78 is 0. The van der Waals surface area contributed by atoms with Crippen LogP contribution in [0.1, 0.15) is 18.9 Å². The van der Waals surface area contributed by atoms with Crippen LogP contribution in [0.3, 0.4) is 0 Å². The van der Waals surface area contributed by atoms with Crippen molar-refractivity contribution in [2.75, 3.05) is 5.32 Å². The van der Waals surface area contributed by atoms with Crippen molar-refractivity contribution in [3.8, 4) is 0 Å². The van der Waals surface area contributed by atoms with E-state index in [1.54, 1.807) is 19.1 Å². The molecule has 1 amide bonds. The number of nitrogens with one attached hydrogen (secondary N) is 1. The van der Waals surface area contributed by atoms with Gasteiger partial charge in [0.05, 0.1) is 9.75 Å². The minimum Gasteiger partial charge on any atom is -0.325 e. The van der Waals surface area contributed by atoms with Crippen molar-refractivity contribution in [2.24, 2.45) is 0 Å². The predicted octanol–water partition coefficient (Wildman–Crippen LogP) is 3.02. The molecule has 0 fully saturated rings. The number of amides is 1. The van der Waals surface area contributed by atoms with Gasteiger partial charge in [-0.25, -0.2) is 0 Å². The Hall–Kier alpha value is -1.43. The Bertz CT molecular complexity index is 448. The number of benzene rings is 1. The monoisotopic (exact) mass is 300 g/mol. The molecule has 0 saturated heterocycles. The van der Waals surface area contributed by atoms with E-state index in [1.165, 1.54) is 6.07 Å². The van der Waals surface area contributed by atoms with Crippen LogP contribution in [0.4, 0.5) is 11.4 Å². The fourth-order valence-corrected chi connectivity index (χ4v) is 1.40. The summed E-state index contributed by atoms with van der Waals surface area (Å²) >= 11 is 3.22. The topological polar surface area (TPSA) is 72.2 Å². The van der Waals surface area contributed by atoms with E-state index < -0.39 is 4.92 Å². The molecule has 92 valence electrons. The molecule has 1 aromatic rings. The highest BCUT2D eigenvalue weighted by atomic mass is 79.9. The number of nitro benzene ring substituents is 1. The van der Waals surface area contributed by atoms with E-state index in [-0.39, 0.29) is 16.4 Å². The van der Waals surface area contributed by atoms with Gasteiger partial charge in [0.2, 0.25) is 5.91 Å². The third-order valence-electron chi connectivity index (χ3n) is 2.32. The molecule has 0 aromatic heterocycles. The molecule has 17 heavy (non-hydrogen) atoms. The van der Waals surface area contributed by atoms with Crippen molar-refractivity contribution < 1.29 is 9.72 Å². The van der Waals surface area contributed by atoms with E-state index in [0.717, 1.165) is 0 Å². The number of aryl methyl sites for hydroxylation is 1. The molecule has 0 saturated carbocycles. The number of carbonyl (C=O) groups is 1. The number of halogens is 1. The third kappa shape index (κ3) is 3.52. The largest absolute Gasteiger partial charge is 0.325 e. The summed E-state index contributed by atoms with van der Waals surface area (Å²) in [6.07, 6.45) is 0.653. The predicted molar refractivity (Wildman–Crippen MR) is 69.5 cm³/mol. The maximum absolute atomic E-state index is 11.6. The molecular formula is C11H13BrN2O3. The van der Waals surface area contributed by atoms with E-state index in [4.69, 9.17) is 0 Å². The number of carbonyl (C=O) groups excluding carboxylic acids is 1. The number of hydrogen-bond acceptors (Lipinski definition) is 3. The van der Waals surface area contributed by atoms with Crippen LogP contribution in [0.2, 0.25) is 0 Å². The second kappa shape index (κ2) is 5.77. The van der Waals surface area contributed by atoms with Gasteiger partial charge in [-0.3, -0.25) is 14.9 Å². The summed E-state index contributed by atoms with van der Waals surface area (Å²) in [6, 6.07) is 4.63. The van der Waals surface area contributed by atoms with Crippen LogP contribution in [0, 0.1) is 17.0 Å². The lowest BCUT2D eigenvalue weighted by Gasteiger charge is -2.09. The average Bonchev–Trinajstić information content (AvgIpc) is 2.30. The highest BCUT2D eigenvalue weighted by Gasteiger charge is 2.15. The minimum atomic E-state index is -0.462. The number of alkyl halides is 1. The van der Waals surface area contributed by atoms with Crippen LogP contribution >= 0.6 is 15.9 Å². The van der Waals surface area contributed by atoms with Gasteiger partial charge in [0, 0.05) is 17.3 Å². The lowest BCUT2D eigenvalue weighted by Crippen LogP contribution is -2.22. The van der Waals surface area contributed by atoms with E-state index >= 15 is 0 Å². The fraction of sp³-hybridized carbons (Fsp3) is 0.364. The van der Waals surface area contributed by atoms with Crippen LogP contribution in [0.15, 0.2) is 18.2 Å². The molecule has 0 bridgehead atoms. The molecule has 5 nitrogen and oxygen atoms in total. The Morgan fingerprint density at radius 1 is 1.59 bits per heavy atom. The smallest absolute Gasteiger partial charge is 0.274 e. The molecule has 0 aliphatic carbocycles. The van der Waals surface area contributed by atoms with Gasteiger partial charge in [-0.2, -0.15) is 0 Å². The number of anilines is 1. The zero-order chi connectivity index (χ0) is 13.0. The van der Waals surface area contributed by atoms with Crippen molar-refractivity contribution in [2.45, 2.75) is 25.1 Å². The van der Waals surface area contributed by atoms with Gasteiger partial charge < -0.3 is 5.32 Å². The van der Waals surface area contributed by atoms with E-state index in [1.807, 2.05) is 6.92 Å². The second-order valence-electron chi connectivity index (χ2n) is 3.62. The first-order chi connectivity index (χ1) is 7.95. The Kier molecular flexibility index (Phi) is 4.62. The minimum absolute atomic E-state index is 0.00502. The van der Waals surface area contributed by atoms with Crippen molar-refractivity contribution in [3.05, 3.63) is 33.9 Å². The summed E-state index contributed by atoms with van der Waals surface area (Å²) in [6.45, 7) is 3.53. The normalized spacial score (nSPS) is 11.9. The molecule has 0 spiro atoms. The number of hydrogen-bond donors (Lipinski definition) is 1. The zero-order valence-corrected chi connectivity index (χ0v) is 11.2. The van der Waals surface area contributed by atoms with Gasteiger partial charge in [-0.15, -0.1) is 0 Å². The summed E-state index contributed by atoms with van der Waals surface area (Å²) in [4.78, 5) is 21.6. The molecule has 1 aromatic carbocycles. The molecular weight excluding hydrogens is 288 g/mol. The van der Waals surface area contributed by atoms with Crippen LogP contribution in [-0.4, -0.2) is 15.7 Å². The van der Waals surface area contributed by atoms with Crippen LogP contribution in [0.25, 0.3) is 0 Å². The summed E-state index contributed by atoms with van der Waals surface area (Å²) in [5, 5.41) is 13.4. The molecule has 1 atom stereocenters. The van der Waals surface area contributed by atoms with Crippen LogP contribution in [-0.2, 0) is 4.79 Å². The summed E-state index contributed by atoms with van der Waals surface area (Å²) in [5.41, 5.74) is 1.01. The SMILES string of the molecule is CCC(Br)C(=O)Nc1ccc(C)c([N+](=O)[O-])c1. The molecule has 1 N–H and O–H groups in total. The molecule has 0 heterocycles. The van der Waals surface area contributed by atoms with Gasteiger partial charge >= 0.3 is 0 Å².